The number of rotatable bonds is 5. The first-order valence-electron chi connectivity index (χ1n) is 10.9. The van der Waals surface area contributed by atoms with Crippen LogP contribution in [-0.4, -0.2) is 51.5 Å². The maximum atomic E-state index is 13.1. The Hall–Kier alpha value is -2.15. The third-order valence-corrected chi connectivity index (χ3v) is 6.96. The Morgan fingerprint density at radius 1 is 1.28 bits per heavy atom. The molecule has 2 unspecified atom stereocenters. The van der Waals surface area contributed by atoms with E-state index in [1.807, 2.05) is 40.7 Å². The molecule has 7 nitrogen and oxygen atoms in total. The average Bonchev–Trinajstić information content (AvgIpc) is 2.96. The Labute approximate surface area is 199 Å². The highest BCUT2D eigenvalue weighted by Crippen LogP contribution is 2.36. The van der Waals surface area contributed by atoms with E-state index in [0.29, 0.717) is 46.5 Å². The van der Waals surface area contributed by atoms with Crippen molar-refractivity contribution in [3.8, 4) is 6.07 Å². The van der Waals surface area contributed by atoms with E-state index in [1.54, 1.807) is 16.4 Å². The quantitative estimate of drug-likeness (QED) is 0.477. The highest BCUT2D eigenvalue weighted by Gasteiger charge is 2.34. The number of carbonyl (C=O) groups is 1. The Morgan fingerprint density at radius 2 is 1.91 bits per heavy atom. The van der Waals surface area contributed by atoms with E-state index >= 15 is 0 Å². The number of aromatic nitrogens is 1. The van der Waals surface area contributed by atoms with Gasteiger partial charge in [0.25, 0.3) is 11.5 Å². The van der Waals surface area contributed by atoms with Gasteiger partial charge in [0.15, 0.2) is 0 Å². The molecule has 2 aliphatic rings. The van der Waals surface area contributed by atoms with Gasteiger partial charge in [0.05, 0.1) is 17.1 Å². The molecule has 0 saturated carbocycles. The minimum Gasteiger partial charge on any atom is -0.372 e. The zero-order chi connectivity index (χ0) is 23.7. The summed E-state index contributed by atoms with van der Waals surface area (Å²) in [6, 6.07) is 2.07. The van der Waals surface area contributed by atoms with Crippen molar-refractivity contribution in [2.24, 2.45) is 5.92 Å². The third-order valence-electron chi connectivity index (χ3n) is 5.58. The predicted molar refractivity (Wildman–Crippen MR) is 133 cm³/mol. The highest BCUT2D eigenvalue weighted by atomic mass is 32.2. The fourth-order valence-electron chi connectivity index (χ4n) is 4.28. The first-order chi connectivity index (χ1) is 15.1. The SMILES string of the molecule is CCn1c(N2CC(C)OC(C)C2)c(C=C2SC(=S)N(CC(C)C)C2=O)c(C)c(C#N)c1=O. The summed E-state index contributed by atoms with van der Waals surface area (Å²) in [4.78, 5) is 30.5. The monoisotopic (exact) mass is 474 g/mol. The van der Waals surface area contributed by atoms with Gasteiger partial charge in [0.2, 0.25) is 0 Å². The number of hydrogen-bond acceptors (Lipinski definition) is 7. The lowest BCUT2D eigenvalue weighted by atomic mass is 10.0. The molecule has 1 aromatic rings. The molecule has 172 valence electrons. The van der Waals surface area contributed by atoms with Crippen LogP contribution in [0.4, 0.5) is 5.82 Å². The van der Waals surface area contributed by atoms with Gasteiger partial charge in [0, 0.05) is 31.7 Å². The number of carbonyl (C=O) groups excluding carboxylic acids is 1. The second-order valence-corrected chi connectivity index (χ2v) is 10.4. The van der Waals surface area contributed by atoms with Gasteiger partial charge in [-0.2, -0.15) is 5.26 Å². The lowest BCUT2D eigenvalue weighted by Crippen LogP contribution is -2.48. The lowest BCUT2D eigenvalue weighted by molar-refractivity contribution is -0.122. The van der Waals surface area contributed by atoms with E-state index in [9.17, 15) is 14.9 Å². The van der Waals surface area contributed by atoms with Gasteiger partial charge in [-0.15, -0.1) is 0 Å². The van der Waals surface area contributed by atoms with Crippen LogP contribution in [-0.2, 0) is 16.1 Å². The maximum absolute atomic E-state index is 13.1. The normalized spacial score (nSPS) is 22.9. The van der Waals surface area contributed by atoms with Crippen LogP contribution in [0, 0.1) is 24.2 Å². The molecule has 0 aromatic carbocycles. The second kappa shape index (κ2) is 9.77. The molecule has 0 spiro atoms. The topological polar surface area (TPSA) is 78.6 Å². The van der Waals surface area contributed by atoms with Crippen molar-refractivity contribution < 1.29 is 9.53 Å². The molecule has 0 bridgehead atoms. The van der Waals surface area contributed by atoms with Gasteiger partial charge < -0.3 is 9.64 Å². The van der Waals surface area contributed by atoms with Crippen LogP contribution in [0.2, 0.25) is 0 Å². The lowest BCUT2D eigenvalue weighted by Gasteiger charge is -2.39. The van der Waals surface area contributed by atoms with Gasteiger partial charge in [-0.1, -0.05) is 37.8 Å². The summed E-state index contributed by atoms with van der Waals surface area (Å²) in [5.74, 6) is 0.887. The summed E-state index contributed by atoms with van der Waals surface area (Å²) < 4.78 is 8.06. The minimum atomic E-state index is -0.307. The number of hydrogen-bond donors (Lipinski definition) is 0. The van der Waals surface area contributed by atoms with Crippen molar-refractivity contribution in [3.63, 3.8) is 0 Å². The number of anilines is 1. The van der Waals surface area contributed by atoms with E-state index in [0.717, 1.165) is 5.82 Å². The van der Waals surface area contributed by atoms with Crippen LogP contribution in [0.5, 0.6) is 0 Å². The molecule has 2 fully saturated rings. The van der Waals surface area contributed by atoms with Crippen LogP contribution in [0.25, 0.3) is 6.08 Å². The van der Waals surface area contributed by atoms with Crippen molar-refractivity contribution in [3.05, 3.63) is 31.9 Å². The van der Waals surface area contributed by atoms with E-state index in [4.69, 9.17) is 17.0 Å². The molecule has 9 heteroatoms. The number of thiocarbonyl (C=S) groups is 1. The fourth-order valence-corrected chi connectivity index (χ4v) is 5.54. The number of nitriles is 1. The molecular formula is C23H30N4O3S2. The molecule has 3 heterocycles. The summed E-state index contributed by atoms with van der Waals surface area (Å²) >= 11 is 6.73. The fraction of sp³-hybridized carbons (Fsp3) is 0.565. The largest absolute Gasteiger partial charge is 0.372 e. The van der Waals surface area contributed by atoms with Crippen LogP contribution in [0.1, 0.15) is 51.3 Å². The molecule has 3 rings (SSSR count). The van der Waals surface area contributed by atoms with Gasteiger partial charge in [0.1, 0.15) is 21.8 Å². The van der Waals surface area contributed by atoms with Crippen LogP contribution in [0.3, 0.4) is 0 Å². The predicted octanol–water partition coefficient (Wildman–Crippen LogP) is 3.52. The van der Waals surface area contributed by atoms with Crippen LogP contribution in [0.15, 0.2) is 9.70 Å². The van der Waals surface area contributed by atoms with Crippen LogP contribution >= 0.6 is 24.0 Å². The molecule has 0 N–H and O–H groups in total. The minimum absolute atomic E-state index is 0.00721. The molecular weight excluding hydrogens is 444 g/mol. The van der Waals surface area contributed by atoms with Crippen molar-refractivity contribution in [2.45, 2.75) is 60.3 Å². The zero-order valence-electron chi connectivity index (χ0n) is 19.5. The average molecular weight is 475 g/mol. The van der Waals surface area contributed by atoms with Crippen molar-refractivity contribution in [1.29, 1.82) is 5.26 Å². The standard InChI is InChI=1S/C23H30N4O3S2/c1-7-26-20(25-11-14(4)30-15(5)12-25)17(16(6)18(9-24)21(26)28)8-19-22(29)27(10-13(2)3)23(31)32-19/h8,13-15H,7,10-12H2,1-6H3. The van der Waals surface area contributed by atoms with Gasteiger partial charge >= 0.3 is 0 Å². The van der Waals surface area contributed by atoms with E-state index in [2.05, 4.69) is 11.0 Å². The molecule has 2 atom stereocenters. The number of ether oxygens (including phenoxy) is 1. The zero-order valence-corrected chi connectivity index (χ0v) is 21.1. The number of amides is 1. The molecule has 0 aliphatic carbocycles. The molecule has 1 amide bonds. The Balaban J connectivity index is 2.22. The summed E-state index contributed by atoms with van der Waals surface area (Å²) in [6.07, 6.45) is 1.79. The van der Waals surface area contributed by atoms with Gasteiger partial charge in [-0.05, 0) is 45.3 Å². The Bertz CT molecular complexity index is 1060. The number of morpholine rings is 1. The highest BCUT2D eigenvalue weighted by molar-refractivity contribution is 8.26. The molecule has 1 aromatic heterocycles. The van der Waals surface area contributed by atoms with Crippen molar-refractivity contribution >= 4 is 46.1 Å². The van der Waals surface area contributed by atoms with Crippen molar-refractivity contribution in [1.82, 2.24) is 9.47 Å². The first-order valence-corrected chi connectivity index (χ1v) is 12.1. The first kappa shape index (κ1) is 24.5. The molecule has 32 heavy (non-hydrogen) atoms. The second-order valence-electron chi connectivity index (χ2n) is 8.75. The van der Waals surface area contributed by atoms with E-state index in [1.165, 1.54) is 11.8 Å². The Kier molecular flexibility index (Phi) is 7.48. The van der Waals surface area contributed by atoms with Gasteiger partial charge in [-0.3, -0.25) is 19.1 Å². The van der Waals surface area contributed by atoms with E-state index in [-0.39, 0.29) is 35.2 Å². The van der Waals surface area contributed by atoms with Crippen molar-refractivity contribution in [2.75, 3.05) is 24.5 Å². The summed E-state index contributed by atoms with van der Waals surface area (Å²) in [6.45, 7) is 14.0. The smallest absolute Gasteiger partial charge is 0.270 e. The maximum Gasteiger partial charge on any atom is 0.270 e. The number of thioether (sulfide) groups is 1. The van der Waals surface area contributed by atoms with Gasteiger partial charge in [-0.25, -0.2) is 0 Å². The number of nitrogens with zero attached hydrogens (tertiary/aromatic N) is 4. The summed E-state index contributed by atoms with van der Waals surface area (Å²) in [5, 5.41) is 9.71. The molecule has 2 saturated heterocycles. The Morgan fingerprint density at radius 3 is 2.44 bits per heavy atom. The third kappa shape index (κ3) is 4.63. The van der Waals surface area contributed by atoms with E-state index < -0.39 is 0 Å². The molecule has 2 aliphatic heterocycles. The van der Waals surface area contributed by atoms with Crippen LogP contribution < -0.4 is 10.5 Å². The summed E-state index contributed by atoms with van der Waals surface area (Å²) in [5.41, 5.74) is 1.10. The number of pyridine rings is 1. The molecule has 0 radical (unpaired) electrons. The summed E-state index contributed by atoms with van der Waals surface area (Å²) in [7, 11) is 0.